The summed E-state index contributed by atoms with van der Waals surface area (Å²) in [6, 6.07) is -1.86. The van der Waals surface area contributed by atoms with E-state index in [0.717, 1.165) is 0 Å². The highest BCUT2D eigenvalue weighted by atomic mass is 19.4. The molecule has 1 fully saturated rings. The number of alkyl halides is 3. The van der Waals surface area contributed by atoms with Crippen molar-refractivity contribution < 1.29 is 22.8 Å². The van der Waals surface area contributed by atoms with Crippen LogP contribution in [0.4, 0.5) is 18.0 Å². The Morgan fingerprint density at radius 2 is 2.00 bits per heavy atom. The van der Waals surface area contributed by atoms with Crippen LogP contribution in [-0.2, 0) is 4.79 Å². The topological polar surface area (TPSA) is 49.4 Å². The first-order valence-corrected chi connectivity index (χ1v) is 3.50. The van der Waals surface area contributed by atoms with E-state index in [2.05, 4.69) is 5.32 Å². The molecule has 1 saturated heterocycles. The van der Waals surface area contributed by atoms with Crippen LogP contribution in [0.3, 0.4) is 0 Å². The number of carbonyl (C=O) groups excluding carboxylic acids is 2. The second-order valence-electron chi connectivity index (χ2n) is 2.71. The van der Waals surface area contributed by atoms with Gasteiger partial charge in [-0.2, -0.15) is 13.2 Å². The first kappa shape index (κ1) is 9.82. The molecule has 1 atom stereocenters. The van der Waals surface area contributed by atoms with Gasteiger partial charge in [0, 0.05) is 0 Å². The van der Waals surface area contributed by atoms with Crippen LogP contribution in [0.2, 0.25) is 0 Å². The number of carbonyl (C=O) groups is 2. The van der Waals surface area contributed by atoms with Crippen LogP contribution in [0.1, 0.15) is 6.92 Å². The van der Waals surface area contributed by atoms with Crippen LogP contribution in [0.25, 0.3) is 0 Å². The van der Waals surface area contributed by atoms with E-state index in [1.165, 1.54) is 6.92 Å². The fraction of sp³-hybridized carbons (Fsp3) is 0.667. The zero-order valence-corrected chi connectivity index (χ0v) is 6.68. The Labute approximate surface area is 71.7 Å². The number of nitrogens with zero attached hydrogens (tertiary/aromatic N) is 1. The Morgan fingerprint density at radius 1 is 1.46 bits per heavy atom. The van der Waals surface area contributed by atoms with E-state index in [4.69, 9.17) is 0 Å². The van der Waals surface area contributed by atoms with E-state index < -0.39 is 30.7 Å². The van der Waals surface area contributed by atoms with E-state index in [1.54, 1.807) is 0 Å². The lowest BCUT2D eigenvalue weighted by Gasteiger charge is -2.14. The first-order chi connectivity index (χ1) is 5.81. The van der Waals surface area contributed by atoms with Gasteiger partial charge >= 0.3 is 12.2 Å². The Morgan fingerprint density at radius 3 is 2.31 bits per heavy atom. The molecule has 1 unspecified atom stereocenters. The van der Waals surface area contributed by atoms with Gasteiger partial charge in [0.1, 0.15) is 12.6 Å². The Kier molecular flexibility index (Phi) is 2.19. The van der Waals surface area contributed by atoms with Gasteiger partial charge in [0.25, 0.3) is 5.91 Å². The van der Waals surface area contributed by atoms with Gasteiger partial charge in [-0.15, -0.1) is 0 Å². The number of imide groups is 1. The highest BCUT2D eigenvalue weighted by Gasteiger charge is 2.42. The van der Waals surface area contributed by atoms with Crippen molar-refractivity contribution in [2.45, 2.75) is 19.1 Å². The molecule has 4 nitrogen and oxygen atoms in total. The lowest BCUT2D eigenvalue weighted by Crippen LogP contribution is -2.39. The van der Waals surface area contributed by atoms with Crippen molar-refractivity contribution in [1.82, 2.24) is 10.2 Å². The standard InChI is InChI=1S/C6H7F3N2O2/c1-3-4(12)11(5(13)10-3)2-6(7,8)9/h3H,2H2,1H3,(H,10,13). The summed E-state index contributed by atoms with van der Waals surface area (Å²) in [6.45, 7) is -0.196. The normalized spacial score (nSPS) is 23.7. The summed E-state index contributed by atoms with van der Waals surface area (Å²) in [4.78, 5) is 21.9. The maximum Gasteiger partial charge on any atom is 0.406 e. The van der Waals surface area contributed by atoms with Gasteiger partial charge < -0.3 is 5.32 Å². The molecule has 13 heavy (non-hydrogen) atoms. The highest BCUT2D eigenvalue weighted by molar-refractivity contribution is 6.03. The van der Waals surface area contributed by atoms with Crippen LogP contribution in [0.5, 0.6) is 0 Å². The van der Waals surface area contributed by atoms with E-state index in [-0.39, 0.29) is 4.90 Å². The number of hydrogen-bond acceptors (Lipinski definition) is 2. The number of urea groups is 1. The molecule has 1 N–H and O–H groups in total. The third kappa shape index (κ3) is 2.10. The molecule has 0 aliphatic carbocycles. The summed E-state index contributed by atoms with van der Waals surface area (Å²) in [5.41, 5.74) is 0. The Hall–Kier alpha value is -1.27. The molecule has 0 radical (unpaired) electrons. The number of hydrogen-bond donors (Lipinski definition) is 1. The summed E-state index contributed by atoms with van der Waals surface area (Å²) in [6.07, 6.45) is -4.54. The minimum absolute atomic E-state index is 0.157. The van der Waals surface area contributed by atoms with Crippen molar-refractivity contribution >= 4 is 11.9 Å². The number of halogens is 3. The van der Waals surface area contributed by atoms with Crippen LogP contribution in [0.15, 0.2) is 0 Å². The quantitative estimate of drug-likeness (QED) is 0.620. The Balaban J connectivity index is 2.70. The van der Waals surface area contributed by atoms with Crippen molar-refractivity contribution in [2.75, 3.05) is 6.54 Å². The fourth-order valence-corrected chi connectivity index (χ4v) is 0.988. The molecule has 0 aromatic heterocycles. The molecule has 0 saturated carbocycles. The SMILES string of the molecule is CC1NC(=O)N(CC(F)(F)F)C1=O. The maximum atomic E-state index is 11.8. The van der Waals surface area contributed by atoms with Crippen LogP contribution >= 0.6 is 0 Å². The first-order valence-electron chi connectivity index (χ1n) is 3.50. The van der Waals surface area contributed by atoms with E-state index in [9.17, 15) is 22.8 Å². The molecule has 0 aromatic rings. The van der Waals surface area contributed by atoms with Crippen molar-refractivity contribution in [3.63, 3.8) is 0 Å². The molecule has 1 rings (SSSR count). The lowest BCUT2D eigenvalue weighted by atomic mass is 10.3. The largest absolute Gasteiger partial charge is 0.406 e. The van der Waals surface area contributed by atoms with Gasteiger partial charge in [0.05, 0.1) is 0 Å². The van der Waals surface area contributed by atoms with Crippen LogP contribution in [-0.4, -0.2) is 35.6 Å². The minimum Gasteiger partial charge on any atom is -0.326 e. The van der Waals surface area contributed by atoms with Gasteiger partial charge in [-0.1, -0.05) is 0 Å². The molecule has 0 bridgehead atoms. The van der Waals surface area contributed by atoms with Gasteiger partial charge in [0.2, 0.25) is 0 Å². The molecule has 1 heterocycles. The smallest absolute Gasteiger partial charge is 0.326 e. The van der Waals surface area contributed by atoms with E-state index >= 15 is 0 Å². The average molecular weight is 196 g/mol. The molecular weight excluding hydrogens is 189 g/mol. The molecule has 7 heteroatoms. The van der Waals surface area contributed by atoms with Crippen molar-refractivity contribution in [3.05, 3.63) is 0 Å². The number of nitrogens with one attached hydrogen (secondary N) is 1. The molecule has 0 spiro atoms. The minimum atomic E-state index is -4.54. The van der Waals surface area contributed by atoms with E-state index in [1.807, 2.05) is 0 Å². The zero-order valence-electron chi connectivity index (χ0n) is 6.68. The monoisotopic (exact) mass is 196 g/mol. The van der Waals surface area contributed by atoms with Gasteiger partial charge in [0.15, 0.2) is 0 Å². The predicted molar refractivity (Wildman–Crippen MR) is 35.8 cm³/mol. The summed E-state index contributed by atoms with van der Waals surface area (Å²) in [5, 5.41) is 2.08. The maximum absolute atomic E-state index is 11.8. The summed E-state index contributed by atoms with van der Waals surface area (Å²) in [5.74, 6) is -0.845. The van der Waals surface area contributed by atoms with Crippen molar-refractivity contribution in [3.8, 4) is 0 Å². The summed E-state index contributed by atoms with van der Waals surface area (Å²) >= 11 is 0. The van der Waals surface area contributed by atoms with Crippen molar-refractivity contribution in [2.24, 2.45) is 0 Å². The van der Waals surface area contributed by atoms with Gasteiger partial charge in [-0.3, -0.25) is 9.69 Å². The summed E-state index contributed by atoms with van der Waals surface area (Å²) in [7, 11) is 0. The van der Waals surface area contributed by atoms with Crippen molar-refractivity contribution in [1.29, 1.82) is 0 Å². The third-order valence-corrected chi connectivity index (χ3v) is 1.56. The molecule has 74 valence electrons. The molecular formula is C6H7F3N2O2. The molecule has 1 aliphatic heterocycles. The summed E-state index contributed by atoms with van der Waals surface area (Å²) < 4.78 is 35.4. The molecule has 1 aliphatic rings. The third-order valence-electron chi connectivity index (χ3n) is 1.56. The molecule has 3 amide bonds. The zero-order chi connectivity index (χ0) is 10.2. The van der Waals surface area contributed by atoms with E-state index in [0.29, 0.717) is 0 Å². The van der Waals surface area contributed by atoms with Gasteiger partial charge in [-0.05, 0) is 6.92 Å². The second-order valence-corrected chi connectivity index (χ2v) is 2.71. The number of amides is 3. The highest BCUT2D eigenvalue weighted by Crippen LogP contribution is 2.19. The lowest BCUT2D eigenvalue weighted by molar-refractivity contribution is -0.152. The van der Waals surface area contributed by atoms with Crippen LogP contribution < -0.4 is 5.32 Å². The number of rotatable bonds is 1. The van der Waals surface area contributed by atoms with Crippen LogP contribution in [0, 0.1) is 0 Å². The average Bonchev–Trinajstić information content (AvgIpc) is 2.14. The van der Waals surface area contributed by atoms with Gasteiger partial charge in [-0.25, -0.2) is 4.79 Å². The second kappa shape index (κ2) is 2.90. The molecule has 0 aromatic carbocycles. The fourth-order valence-electron chi connectivity index (χ4n) is 0.988. The predicted octanol–water partition coefficient (Wildman–Crippen LogP) is 0.489. The Bertz CT molecular complexity index is 251.